The van der Waals surface area contributed by atoms with Crippen molar-refractivity contribution in [3.63, 3.8) is 0 Å². The number of thiophene rings is 1. The van der Waals surface area contributed by atoms with Crippen LogP contribution in [0.4, 0.5) is 11.8 Å². The molecule has 0 aliphatic carbocycles. The lowest BCUT2D eigenvalue weighted by molar-refractivity contribution is 0.158. The highest BCUT2D eigenvalue weighted by atomic mass is 32.1. The average Bonchev–Trinajstić information content (AvgIpc) is 2.76. The van der Waals surface area contributed by atoms with E-state index in [9.17, 15) is 0 Å². The zero-order chi connectivity index (χ0) is 15.5. The summed E-state index contributed by atoms with van der Waals surface area (Å²) in [6, 6.07) is 2.13. The molecule has 0 aliphatic rings. The van der Waals surface area contributed by atoms with Crippen molar-refractivity contribution in [1.82, 2.24) is 9.97 Å². The van der Waals surface area contributed by atoms with E-state index in [4.69, 9.17) is 4.74 Å². The van der Waals surface area contributed by atoms with Crippen LogP contribution >= 0.6 is 11.3 Å². The molecule has 0 bridgehead atoms. The maximum atomic E-state index is 5.27. The Morgan fingerprint density at radius 3 is 2.76 bits per heavy atom. The summed E-state index contributed by atoms with van der Waals surface area (Å²) in [4.78, 5) is 11.5. The lowest BCUT2D eigenvalue weighted by atomic mass is 10.1. The summed E-state index contributed by atoms with van der Waals surface area (Å²) in [5.74, 6) is 1.55. The number of aryl methyl sites for hydroxylation is 1. The van der Waals surface area contributed by atoms with Crippen LogP contribution in [0.2, 0.25) is 0 Å². The second-order valence-electron chi connectivity index (χ2n) is 5.84. The topological polar surface area (TPSA) is 59.1 Å². The Balaban J connectivity index is 2.39. The minimum absolute atomic E-state index is 0.187. The number of nitrogens with zero attached hydrogens (tertiary/aromatic N) is 2. The number of anilines is 2. The molecule has 116 valence electrons. The van der Waals surface area contributed by atoms with Gasteiger partial charge in [0.05, 0.1) is 17.5 Å². The fourth-order valence-corrected chi connectivity index (χ4v) is 3.05. The molecule has 0 amide bonds. The molecule has 0 aromatic carbocycles. The number of aromatic nitrogens is 2. The molecule has 2 N–H and O–H groups in total. The third-order valence-electron chi connectivity index (χ3n) is 3.01. The summed E-state index contributed by atoms with van der Waals surface area (Å²) in [7, 11) is 1.71. The molecule has 2 aromatic rings. The summed E-state index contributed by atoms with van der Waals surface area (Å²) < 4.78 is 5.27. The molecule has 2 heterocycles. The quantitative estimate of drug-likeness (QED) is 0.817. The summed E-state index contributed by atoms with van der Waals surface area (Å²) in [6.45, 7) is 9.90. The molecule has 2 aromatic heterocycles. The van der Waals surface area contributed by atoms with Crippen molar-refractivity contribution in [2.75, 3.05) is 30.9 Å². The fourth-order valence-electron chi connectivity index (χ4n) is 2.17. The van der Waals surface area contributed by atoms with Gasteiger partial charge in [-0.15, -0.1) is 11.3 Å². The van der Waals surface area contributed by atoms with Crippen molar-refractivity contribution in [2.24, 2.45) is 0 Å². The zero-order valence-corrected chi connectivity index (χ0v) is 14.2. The van der Waals surface area contributed by atoms with Crippen LogP contribution < -0.4 is 10.6 Å². The minimum Gasteiger partial charge on any atom is -0.382 e. The van der Waals surface area contributed by atoms with Crippen LogP contribution in [0, 0.1) is 6.92 Å². The lowest BCUT2D eigenvalue weighted by Crippen LogP contribution is -2.36. The fraction of sp³-hybridized carbons (Fsp3) is 0.600. The normalized spacial score (nSPS) is 11.9. The van der Waals surface area contributed by atoms with Crippen molar-refractivity contribution >= 4 is 33.3 Å². The Morgan fingerprint density at radius 2 is 2.10 bits per heavy atom. The second-order valence-corrected chi connectivity index (χ2v) is 7.08. The maximum absolute atomic E-state index is 5.27. The van der Waals surface area contributed by atoms with E-state index in [0.717, 1.165) is 29.0 Å². The maximum Gasteiger partial charge on any atom is 0.226 e. The highest BCUT2D eigenvalue weighted by molar-refractivity contribution is 7.18. The lowest BCUT2D eigenvalue weighted by Gasteiger charge is -2.26. The van der Waals surface area contributed by atoms with Gasteiger partial charge >= 0.3 is 0 Å². The van der Waals surface area contributed by atoms with Gasteiger partial charge in [-0.05, 0) is 33.3 Å². The number of rotatable bonds is 7. The number of ether oxygens (including phenoxy) is 1. The number of fused-ring (bicyclic) bond motifs is 1. The van der Waals surface area contributed by atoms with Crippen molar-refractivity contribution in [2.45, 2.75) is 39.7 Å². The van der Waals surface area contributed by atoms with Crippen molar-refractivity contribution < 1.29 is 4.74 Å². The van der Waals surface area contributed by atoms with Crippen LogP contribution in [-0.4, -0.2) is 35.8 Å². The Kier molecular flexibility index (Phi) is 5.00. The van der Waals surface area contributed by atoms with Gasteiger partial charge in [0.15, 0.2) is 0 Å². The molecule has 6 heteroatoms. The first-order chi connectivity index (χ1) is 9.95. The number of hydrogen-bond donors (Lipinski definition) is 2. The van der Waals surface area contributed by atoms with Crippen molar-refractivity contribution in [1.29, 1.82) is 0 Å². The van der Waals surface area contributed by atoms with E-state index in [1.807, 2.05) is 0 Å². The highest BCUT2D eigenvalue weighted by Crippen LogP contribution is 2.31. The van der Waals surface area contributed by atoms with Crippen molar-refractivity contribution in [3.05, 3.63) is 10.9 Å². The monoisotopic (exact) mass is 308 g/mol. The number of nitrogens with one attached hydrogen (secondary N) is 2. The molecule has 0 atom stereocenters. The Labute approximate surface area is 130 Å². The Hall–Kier alpha value is -1.40. The van der Waals surface area contributed by atoms with E-state index in [1.165, 1.54) is 4.88 Å². The van der Waals surface area contributed by atoms with Gasteiger partial charge in [-0.1, -0.05) is 6.92 Å². The van der Waals surface area contributed by atoms with Gasteiger partial charge in [0.2, 0.25) is 5.95 Å². The Bertz CT molecular complexity index is 609. The third-order valence-corrected chi connectivity index (χ3v) is 3.96. The smallest absolute Gasteiger partial charge is 0.226 e. The zero-order valence-electron chi connectivity index (χ0n) is 13.4. The molecular weight excluding hydrogens is 284 g/mol. The molecule has 0 spiro atoms. The van der Waals surface area contributed by atoms with E-state index in [2.05, 4.69) is 54.4 Å². The van der Waals surface area contributed by atoms with Crippen LogP contribution in [0.5, 0.6) is 0 Å². The molecular formula is C15H24N4OS. The standard InChI is InChI=1S/C15H24N4OS/c1-6-7-16-14-17-12(19-15(3,4)9-20-5)11-8-10(2)21-13(11)18-14/h8H,6-7,9H2,1-5H3,(H2,16,17,18,19). The summed E-state index contributed by atoms with van der Waals surface area (Å²) in [5, 5.41) is 7.82. The Morgan fingerprint density at radius 1 is 1.33 bits per heavy atom. The van der Waals surface area contributed by atoms with Crippen LogP contribution in [0.3, 0.4) is 0 Å². The minimum atomic E-state index is -0.187. The van der Waals surface area contributed by atoms with Gasteiger partial charge in [0.1, 0.15) is 10.6 Å². The average molecular weight is 308 g/mol. The molecule has 0 saturated heterocycles. The van der Waals surface area contributed by atoms with Crippen LogP contribution in [0.25, 0.3) is 10.2 Å². The summed E-state index contributed by atoms with van der Waals surface area (Å²) in [5.41, 5.74) is -0.187. The van der Waals surface area contributed by atoms with Gasteiger partial charge in [0, 0.05) is 18.5 Å². The summed E-state index contributed by atoms with van der Waals surface area (Å²) in [6.07, 6.45) is 1.04. The van der Waals surface area contributed by atoms with E-state index >= 15 is 0 Å². The highest BCUT2D eigenvalue weighted by Gasteiger charge is 2.20. The summed E-state index contributed by atoms with van der Waals surface area (Å²) >= 11 is 1.69. The SMILES string of the molecule is CCCNc1nc(NC(C)(C)COC)c2cc(C)sc2n1. The van der Waals surface area contributed by atoms with Crippen LogP contribution in [0.15, 0.2) is 6.07 Å². The molecule has 21 heavy (non-hydrogen) atoms. The third kappa shape index (κ3) is 4.04. The molecule has 0 unspecified atom stereocenters. The first kappa shape index (κ1) is 16.0. The molecule has 0 fully saturated rings. The van der Waals surface area contributed by atoms with E-state index < -0.39 is 0 Å². The largest absolute Gasteiger partial charge is 0.382 e. The van der Waals surface area contributed by atoms with Crippen LogP contribution in [0.1, 0.15) is 32.1 Å². The van der Waals surface area contributed by atoms with Gasteiger partial charge in [0.25, 0.3) is 0 Å². The molecule has 0 radical (unpaired) electrons. The van der Waals surface area contributed by atoms with Gasteiger partial charge < -0.3 is 15.4 Å². The number of methoxy groups -OCH3 is 1. The molecule has 2 rings (SSSR count). The van der Waals surface area contributed by atoms with Gasteiger partial charge in [-0.2, -0.15) is 4.98 Å². The van der Waals surface area contributed by atoms with E-state index in [-0.39, 0.29) is 5.54 Å². The molecule has 0 saturated carbocycles. The van der Waals surface area contributed by atoms with E-state index in [0.29, 0.717) is 12.6 Å². The second kappa shape index (κ2) is 6.58. The predicted octanol–water partition coefficient (Wildman–Crippen LogP) is 3.66. The van der Waals surface area contributed by atoms with E-state index in [1.54, 1.807) is 18.4 Å². The number of hydrogen-bond acceptors (Lipinski definition) is 6. The predicted molar refractivity (Wildman–Crippen MR) is 90.5 cm³/mol. The molecule has 5 nitrogen and oxygen atoms in total. The van der Waals surface area contributed by atoms with Gasteiger partial charge in [-0.3, -0.25) is 0 Å². The first-order valence-corrected chi connectivity index (χ1v) is 8.06. The van der Waals surface area contributed by atoms with Gasteiger partial charge in [-0.25, -0.2) is 4.98 Å². The molecule has 0 aliphatic heterocycles. The van der Waals surface area contributed by atoms with Crippen molar-refractivity contribution in [3.8, 4) is 0 Å². The van der Waals surface area contributed by atoms with Crippen LogP contribution in [-0.2, 0) is 4.74 Å². The first-order valence-electron chi connectivity index (χ1n) is 7.24.